The lowest BCUT2D eigenvalue weighted by molar-refractivity contribution is -0.269. The van der Waals surface area contributed by atoms with Crippen LogP contribution in [0.3, 0.4) is 0 Å². The van der Waals surface area contributed by atoms with Crippen molar-refractivity contribution < 1.29 is 54.0 Å². The van der Waals surface area contributed by atoms with E-state index in [0.29, 0.717) is 23.1 Å². The Morgan fingerprint density at radius 3 is 2.08 bits per heavy atom. The number of alkyl halides is 5. The first kappa shape index (κ1) is 30.9. The smallest absolute Gasteiger partial charge is 0.432 e. The zero-order chi connectivity index (χ0) is 29.9. The van der Waals surface area contributed by atoms with Gasteiger partial charge in [-0.15, -0.1) is 0 Å². The molecule has 16 heteroatoms. The molecular weight excluding hydrogens is 560 g/mol. The second-order valence-electron chi connectivity index (χ2n) is 11.1. The number of rotatable bonds is 9. The average molecular weight is 584 g/mol. The Labute approximate surface area is 231 Å². The van der Waals surface area contributed by atoms with Crippen LogP contribution in [0.1, 0.15) is 65.6 Å². The molecule has 4 fully saturated rings. The summed E-state index contributed by atoms with van der Waals surface area (Å²) in [5.41, 5.74) is -1.38. The zero-order valence-electron chi connectivity index (χ0n) is 21.2. The van der Waals surface area contributed by atoms with Gasteiger partial charge in [0.05, 0.1) is 34.5 Å². The quantitative estimate of drug-likeness (QED) is 0.206. The summed E-state index contributed by atoms with van der Waals surface area (Å²) in [5.74, 6) is -3.08. The zero-order valence-corrected chi connectivity index (χ0v) is 22.0. The fourth-order valence-corrected chi connectivity index (χ4v) is 7.46. The number of ether oxygens (including phenoxy) is 2. The lowest BCUT2D eigenvalue weighted by Crippen LogP contribution is -2.61. The van der Waals surface area contributed by atoms with Crippen LogP contribution in [0.25, 0.3) is 0 Å². The van der Waals surface area contributed by atoms with Gasteiger partial charge in [0, 0.05) is 6.42 Å². The highest BCUT2D eigenvalue weighted by atomic mass is 32.2. The van der Waals surface area contributed by atoms with E-state index in [1.807, 2.05) is 0 Å². The predicted molar refractivity (Wildman–Crippen MR) is 133 cm³/mol. The van der Waals surface area contributed by atoms with Gasteiger partial charge in [0.1, 0.15) is 5.60 Å². The summed E-state index contributed by atoms with van der Waals surface area (Å²) in [6.45, 7) is 0. The molecule has 4 saturated carbocycles. The van der Waals surface area contributed by atoms with Crippen molar-refractivity contribution in [3.8, 4) is 0 Å². The van der Waals surface area contributed by atoms with Gasteiger partial charge in [-0.2, -0.15) is 30.4 Å². The highest BCUT2D eigenvalue weighted by Gasteiger charge is 2.69. The van der Waals surface area contributed by atoms with E-state index in [-0.39, 0.29) is 68.5 Å². The summed E-state index contributed by atoms with van der Waals surface area (Å²) in [5, 5.41) is -5.85. The SMILES string of the molecule is [B]Cc1cc(C[B])c(C[B])c(C(=O)OC23CC4CC(C2)CC(C(=O)OC(C(F)(F)F)C(F)(F)S(=O)(=O)O)(C4)C3)c1. The van der Waals surface area contributed by atoms with Gasteiger partial charge in [0.2, 0.25) is 0 Å². The molecule has 0 heterocycles. The van der Waals surface area contributed by atoms with Crippen LogP contribution in [0.5, 0.6) is 0 Å². The molecule has 4 aliphatic rings. The summed E-state index contributed by atoms with van der Waals surface area (Å²) in [7, 11) is 10.8. The van der Waals surface area contributed by atoms with Gasteiger partial charge >= 0.3 is 33.5 Å². The van der Waals surface area contributed by atoms with Crippen molar-refractivity contribution in [2.24, 2.45) is 17.3 Å². The Balaban J connectivity index is 1.65. The highest BCUT2D eigenvalue weighted by Crippen LogP contribution is 2.63. The van der Waals surface area contributed by atoms with Gasteiger partial charge in [-0.25, -0.2) is 4.79 Å². The Morgan fingerprint density at radius 2 is 1.60 bits per heavy atom. The Kier molecular flexibility index (Phi) is 7.97. The molecular formula is C24H24B3F5O7S. The van der Waals surface area contributed by atoms with E-state index < -0.39 is 50.6 Å². The normalized spacial score (nSPS) is 28.8. The average Bonchev–Trinajstić information content (AvgIpc) is 2.83. The molecule has 212 valence electrons. The van der Waals surface area contributed by atoms with E-state index in [1.165, 1.54) is 6.07 Å². The highest BCUT2D eigenvalue weighted by molar-refractivity contribution is 7.86. The van der Waals surface area contributed by atoms with Gasteiger partial charge in [-0.1, -0.05) is 36.2 Å². The van der Waals surface area contributed by atoms with Gasteiger partial charge < -0.3 is 9.47 Å². The maximum atomic E-state index is 14.1. The molecule has 4 aliphatic carbocycles. The molecule has 0 spiro atoms. The van der Waals surface area contributed by atoms with Crippen LogP contribution in [-0.4, -0.2) is 71.6 Å². The monoisotopic (exact) mass is 584 g/mol. The number of carbonyl (C=O) groups excluding carboxylic acids is 2. The van der Waals surface area contributed by atoms with Gasteiger partial charge in [0.25, 0.3) is 6.10 Å². The van der Waals surface area contributed by atoms with E-state index in [2.05, 4.69) is 4.74 Å². The minimum Gasteiger partial charge on any atom is -0.455 e. The van der Waals surface area contributed by atoms with E-state index in [9.17, 15) is 40.0 Å². The molecule has 5 rings (SSSR count). The van der Waals surface area contributed by atoms with Crippen molar-refractivity contribution in [2.75, 3.05) is 0 Å². The minimum absolute atomic E-state index is 0.0162. The molecule has 0 saturated heterocycles. The molecule has 7 nitrogen and oxygen atoms in total. The maximum absolute atomic E-state index is 14.1. The summed E-state index contributed by atoms with van der Waals surface area (Å²) in [4.78, 5) is 26.6. The molecule has 3 unspecified atom stereocenters. The van der Waals surface area contributed by atoms with E-state index in [1.54, 1.807) is 6.07 Å². The third-order valence-corrected chi connectivity index (χ3v) is 9.10. The summed E-state index contributed by atoms with van der Waals surface area (Å²) in [6.07, 6.45) is -9.57. The topological polar surface area (TPSA) is 107 Å². The molecule has 6 radical (unpaired) electrons. The second kappa shape index (κ2) is 10.3. The number of halogens is 5. The molecule has 1 N–H and O–H groups in total. The molecule has 1 aromatic carbocycles. The van der Waals surface area contributed by atoms with Crippen molar-refractivity contribution in [3.63, 3.8) is 0 Å². The largest absolute Gasteiger partial charge is 0.455 e. The van der Waals surface area contributed by atoms with Crippen LogP contribution >= 0.6 is 0 Å². The first-order chi connectivity index (χ1) is 18.4. The fourth-order valence-electron chi connectivity index (χ4n) is 7.00. The van der Waals surface area contributed by atoms with Crippen molar-refractivity contribution >= 4 is 45.6 Å². The van der Waals surface area contributed by atoms with Crippen LogP contribution in [0.4, 0.5) is 22.0 Å². The van der Waals surface area contributed by atoms with Gasteiger partial charge in [-0.05, 0) is 55.6 Å². The van der Waals surface area contributed by atoms with Crippen LogP contribution < -0.4 is 0 Å². The van der Waals surface area contributed by atoms with Crippen molar-refractivity contribution in [1.82, 2.24) is 0 Å². The number of carbonyl (C=O) groups is 2. The van der Waals surface area contributed by atoms with Crippen LogP contribution in [0, 0.1) is 17.3 Å². The van der Waals surface area contributed by atoms with Gasteiger partial charge in [-0.3, -0.25) is 9.35 Å². The molecule has 40 heavy (non-hydrogen) atoms. The third-order valence-electron chi connectivity index (χ3n) is 8.20. The molecule has 3 atom stereocenters. The number of hydrogen-bond acceptors (Lipinski definition) is 6. The van der Waals surface area contributed by atoms with Crippen LogP contribution in [0.15, 0.2) is 12.1 Å². The van der Waals surface area contributed by atoms with Crippen LogP contribution in [0.2, 0.25) is 0 Å². The maximum Gasteiger partial charge on any atom is 0.432 e. The number of esters is 2. The Bertz CT molecular complexity index is 1290. The standard InChI is InChI=1S/C24H24B3F5O7S/c25-8-12-2-15(9-26)17(10-27)16(3-12)18(33)39-22-6-13-1-14(7-22)5-21(4-13,11-22)20(34)38-19(23(28,29)30)24(31,32)40(35,36)37/h2-3,13-14,19H,1,4-11H2,(H,35,36,37). The predicted octanol–water partition coefficient (Wildman–Crippen LogP) is 3.14. The third kappa shape index (κ3) is 5.42. The van der Waals surface area contributed by atoms with Crippen molar-refractivity contribution in [1.29, 1.82) is 0 Å². The lowest BCUT2D eigenvalue weighted by atomic mass is 9.48. The number of hydrogen-bond donors (Lipinski definition) is 1. The molecule has 4 bridgehead atoms. The Morgan fingerprint density at radius 1 is 1.00 bits per heavy atom. The summed E-state index contributed by atoms with van der Waals surface area (Å²) < 4.78 is 110. The van der Waals surface area contributed by atoms with E-state index >= 15 is 0 Å². The van der Waals surface area contributed by atoms with Crippen molar-refractivity contribution in [3.05, 3.63) is 34.4 Å². The minimum atomic E-state index is -6.59. The first-order valence-corrected chi connectivity index (χ1v) is 13.9. The van der Waals surface area contributed by atoms with E-state index in [0.717, 1.165) is 0 Å². The lowest BCUT2D eigenvalue weighted by Gasteiger charge is -2.59. The summed E-state index contributed by atoms with van der Waals surface area (Å²) in [6, 6.07) is 3.20. The fraction of sp³-hybridized carbons (Fsp3) is 0.667. The van der Waals surface area contributed by atoms with Crippen LogP contribution in [-0.2, 0) is 43.3 Å². The first-order valence-electron chi connectivity index (χ1n) is 12.5. The second-order valence-corrected chi connectivity index (χ2v) is 12.6. The molecule has 0 aliphatic heterocycles. The van der Waals surface area contributed by atoms with Crippen molar-refractivity contribution in [2.45, 2.75) is 80.6 Å². The summed E-state index contributed by atoms with van der Waals surface area (Å²) >= 11 is 0. The Hall–Kier alpha value is -2.09. The van der Waals surface area contributed by atoms with Gasteiger partial charge in [0.15, 0.2) is 0 Å². The molecule has 0 amide bonds. The van der Waals surface area contributed by atoms with E-state index in [4.69, 9.17) is 32.8 Å². The number of benzene rings is 1. The molecule has 1 aromatic rings. The molecule has 0 aromatic heterocycles.